The summed E-state index contributed by atoms with van der Waals surface area (Å²) < 4.78 is 32.5. The van der Waals surface area contributed by atoms with E-state index in [1.165, 1.54) is 160 Å². The van der Waals surface area contributed by atoms with Crippen molar-refractivity contribution in [1.82, 2.24) is 5.32 Å². The molecule has 2 atom stereocenters. The molecule has 0 saturated carbocycles. The highest BCUT2D eigenvalue weighted by molar-refractivity contribution is 7.85. The van der Waals surface area contributed by atoms with Gasteiger partial charge in [-0.2, -0.15) is 8.42 Å². The number of amides is 1. The molecule has 0 aliphatic heterocycles. The van der Waals surface area contributed by atoms with E-state index >= 15 is 0 Å². The summed E-state index contributed by atoms with van der Waals surface area (Å²) in [5.41, 5.74) is 0. The summed E-state index contributed by atoms with van der Waals surface area (Å²) in [5, 5.41) is 13.2. The lowest BCUT2D eigenvalue weighted by molar-refractivity contribution is -0.122. The Labute approximate surface area is 316 Å². The second-order valence-corrected chi connectivity index (χ2v) is 16.5. The average Bonchev–Trinajstić information content (AvgIpc) is 3.09. The molecule has 6 nitrogen and oxygen atoms in total. The maximum Gasteiger partial charge on any atom is 0.267 e. The van der Waals surface area contributed by atoms with Crippen molar-refractivity contribution in [2.75, 3.05) is 5.75 Å². The molecule has 0 bridgehead atoms. The Balaban J connectivity index is 3.89. The number of hydrogen-bond acceptors (Lipinski definition) is 4. The summed E-state index contributed by atoms with van der Waals surface area (Å²) >= 11 is 0. The van der Waals surface area contributed by atoms with Gasteiger partial charge in [0.2, 0.25) is 5.91 Å². The van der Waals surface area contributed by atoms with Crippen LogP contribution in [0.5, 0.6) is 0 Å². The molecule has 0 fully saturated rings. The van der Waals surface area contributed by atoms with Crippen molar-refractivity contribution >= 4 is 16.0 Å². The van der Waals surface area contributed by atoms with Crippen LogP contribution in [-0.2, 0) is 14.9 Å². The summed E-state index contributed by atoms with van der Waals surface area (Å²) in [4.78, 5) is 12.5. The van der Waals surface area contributed by atoms with Crippen LogP contribution in [0, 0.1) is 0 Å². The Hall–Kier alpha value is -1.44. The first-order valence-electron chi connectivity index (χ1n) is 21.7. The van der Waals surface area contributed by atoms with Crippen LogP contribution in [-0.4, -0.2) is 41.9 Å². The fourth-order valence-corrected chi connectivity index (χ4v) is 7.28. The Morgan fingerprint density at radius 1 is 0.510 bits per heavy atom. The van der Waals surface area contributed by atoms with Crippen molar-refractivity contribution in [2.24, 2.45) is 0 Å². The number of aliphatic hydroxyl groups is 1. The Kier molecular flexibility index (Phi) is 37.2. The van der Waals surface area contributed by atoms with E-state index in [1.807, 2.05) is 0 Å². The minimum Gasteiger partial charge on any atom is -0.387 e. The third-order valence-corrected chi connectivity index (χ3v) is 10.6. The van der Waals surface area contributed by atoms with Gasteiger partial charge in [-0.25, -0.2) is 0 Å². The van der Waals surface area contributed by atoms with Gasteiger partial charge in [0, 0.05) is 6.42 Å². The molecule has 0 aromatic carbocycles. The molecule has 0 aliphatic carbocycles. The molecule has 2 unspecified atom stereocenters. The highest BCUT2D eigenvalue weighted by atomic mass is 32.2. The summed E-state index contributed by atoms with van der Waals surface area (Å²) in [7, 11) is -4.35. The van der Waals surface area contributed by atoms with Crippen molar-refractivity contribution in [1.29, 1.82) is 0 Å². The van der Waals surface area contributed by atoms with Gasteiger partial charge in [-0.15, -0.1) is 0 Å². The molecule has 0 aromatic rings. The SMILES string of the molecule is CCCCCCC/C=C/CC/C=C/CC/C=C/C(O)C(CS(=O)(=O)O)NC(=O)CCCCCCCCCCCCCCCCCCCCCCC. The average molecular weight is 738 g/mol. The fraction of sp³-hybridized carbons (Fsp3) is 0.841. The van der Waals surface area contributed by atoms with Gasteiger partial charge in [-0.05, 0) is 44.9 Å². The Morgan fingerprint density at radius 2 is 0.843 bits per heavy atom. The van der Waals surface area contributed by atoms with Crippen LogP contribution < -0.4 is 5.32 Å². The lowest BCUT2D eigenvalue weighted by atomic mass is 10.0. The van der Waals surface area contributed by atoms with Gasteiger partial charge in [0.15, 0.2) is 0 Å². The van der Waals surface area contributed by atoms with E-state index in [4.69, 9.17) is 0 Å². The van der Waals surface area contributed by atoms with E-state index < -0.39 is 28.0 Å². The lowest BCUT2D eigenvalue weighted by Gasteiger charge is -2.21. The van der Waals surface area contributed by atoms with E-state index in [2.05, 4.69) is 43.5 Å². The molecule has 0 saturated heterocycles. The van der Waals surface area contributed by atoms with Crippen LogP contribution in [0.15, 0.2) is 36.5 Å². The minimum absolute atomic E-state index is 0.288. The van der Waals surface area contributed by atoms with Crippen LogP contribution in [0.4, 0.5) is 0 Å². The normalized spacial score (nSPS) is 13.6. The number of unbranched alkanes of at least 4 members (excludes halogenated alkanes) is 27. The van der Waals surface area contributed by atoms with Crippen molar-refractivity contribution < 1.29 is 22.9 Å². The van der Waals surface area contributed by atoms with Crippen LogP contribution in [0.2, 0.25) is 0 Å². The molecule has 0 aliphatic rings. The molecule has 0 aromatic heterocycles. The summed E-state index contributed by atoms with van der Waals surface area (Å²) in [5.74, 6) is -1.00. The summed E-state index contributed by atoms with van der Waals surface area (Å²) in [6.07, 6.45) is 50.0. The fourth-order valence-electron chi connectivity index (χ4n) is 6.54. The molecular formula is C44H83NO5S. The highest BCUT2D eigenvalue weighted by Crippen LogP contribution is 2.15. The predicted octanol–water partition coefficient (Wildman–Crippen LogP) is 12.9. The lowest BCUT2D eigenvalue weighted by Crippen LogP contribution is -2.46. The highest BCUT2D eigenvalue weighted by Gasteiger charge is 2.24. The Bertz CT molecular complexity index is 945. The molecule has 51 heavy (non-hydrogen) atoms. The molecule has 3 N–H and O–H groups in total. The van der Waals surface area contributed by atoms with Crippen molar-refractivity contribution in [3.63, 3.8) is 0 Å². The van der Waals surface area contributed by atoms with Crippen LogP contribution in [0.1, 0.15) is 219 Å². The van der Waals surface area contributed by atoms with Crippen molar-refractivity contribution in [3.05, 3.63) is 36.5 Å². The maximum absolute atomic E-state index is 12.5. The third-order valence-electron chi connectivity index (χ3n) is 9.80. The van der Waals surface area contributed by atoms with Gasteiger partial charge in [-0.1, -0.05) is 204 Å². The van der Waals surface area contributed by atoms with Crippen molar-refractivity contribution in [2.45, 2.75) is 231 Å². The molecular weight excluding hydrogens is 655 g/mol. The maximum atomic E-state index is 12.5. The molecule has 0 spiro atoms. The van der Waals surface area contributed by atoms with Crippen LogP contribution in [0.25, 0.3) is 0 Å². The third kappa shape index (κ3) is 39.6. The van der Waals surface area contributed by atoms with E-state index in [0.717, 1.165) is 38.5 Å². The number of carbonyl (C=O) groups is 1. The monoisotopic (exact) mass is 738 g/mol. The largest absolute Gasteiger partial charge is 0.387 e. The summed E-state index contributed by atoms with van der Waals surface area (Å²) in [6, 6.07) is -1.08. The first-order valence-corrected chi connectivity index (χ1v) is 23.3. The van der Waals surface area contributed by atoms with Gasteiger partial charge in [0.1, 0.15) is 0 Å². The zero-order chi connectivity index (χ0) is 37.5. The standard InChI is InChI=1S/C44H83NO5S/c1-3-5-7-9-11-13-15-17-19-20-21-22-23-24-26-28-30-32-34-36-38-40-44(47)45-42(41-51(48,49)50)43(46)39-37-35-33-31-29-27-25-18-16-14-12-10-8-6-4-2/h16,18,29,31,37,39,42-43,46H,3-15,17,19-28,30,32-36,38,40-41H2,1-2H3,(H,45,47)(H,48,49,50)/b18-16+,31-29+,39-37+. The molecule has 7 heteroatoms. The number of allylic oxidation sites excluding steroid dienone is 5. The smallest absolute Gasteiger partial charge is 0.267 e. The zero-order valence-corrected chi connectivity index (χ0v) is 34.3. The number of rotatable bonds is 39. The molecule has 1 amide bonds. The van der Waals surface area contributed by atoms with Crippen LogP contribution in [0.3, 0.4) is 0 Å². The van der Waals surface area contributed by atoms with E-state index in [9.17, 15) is 22.9 Å². The van der Waals surface area contributed by atoms with Gasteiger partial charge < -0.3 is 10.4 Å². The van der Waals surface area contributed by atoms with Crippen molar-refractivity contribution in [3.8, 4) is 0 Å². The quantitative estimate of drug-likeness (QED) is 0.0331. The number of nitrogens with one attached hydrogen (secondary N) is 1. The number of aliphatic hydroxyl groups excluding tert-OH is 1. The van der Waals surface area contributed by atoms with Crippen LogP contribution >= 0.6 is 0 Å². The molecule has 0 radical (unpaired) electrons. The second-order valence-electron chi connectivity index (χ2n) is 15.0. The second kappa shape index (κ2) is 38.3. The first-order chi connectivity index (χ1) is 24.8. The van der Waals surface area contributed by atoms with E-state index in [0.29, 0.717) is 6.42 Å². The number of hydrogen-bond donors (Lipinski definition) is 3. The zero-order valence-electron chi connectivity index (χ0n) is 33.5. The molecule has 0 heterocycles. The van der Waals surface area contributed by atoms with E-state index in [-0.39, 0.29) is 12.3 Å². The topological polar surface area (TPSA) is 104 Å². The molecule has 0 rings (SSSR count). The predicted molar refractivity (Wildman–Crippen MR) is 221 cm³/mol. The van der Waals surface area contributed by atoms with Gasteiger partial charge in [-0.3, -0.25) is 9.35 Å². The Morgan fingerprint density at radius 3 is 1.24 bits per heavy atom. The number of carbonyl (C=O) groups excluding carboxylic acids is 1. The van der Waals surface area contributed by atoms with Gasteiger partial charge >= 0.3 is 0 Å². The molecule has 300 valence electrons. The van der Waals surface area contributed by atoms with Gasteiger partial charge in [0.05, 0.1) is 17.9 Å². The summed E-state index contributed by atoms with van der Waals surface area (Å²) in [6.45, 7) is 4.52. The van der Waals surface area contributed by atoms with E-state index in [1.54, 1.807) is 6.08 Å². The first kappa shape index (κ1) is 49.6. The van der Waals surface area contributed by atoms with Gasteiger partial charge in [0.25, 0.3) is 10.1 Å². The minimum atomic E-state index is -4.35.